The lowest BCUT2D eigenvalue weighted by Crippen LogP contribution is -2.29. The van der Waals surface area contributed by atoms with Gasteiger partial charge in [-0.25, -0.2) is 0 Å². The molecule has 3 heteroatoms. The molecule has 1 rings (SSSR count). The quantitative estimate of drug-likeness (QED) is 0.564. The van der Waals surface area contributed by atoms with Crippen molar-refractivity contribution in [1.82, 2.24) is 0 Å². The van der Waals surface area contributed by atoms with Gasteiger partial charge in [0.05, 0.1) is 19.3 Å². The third kappa shape index (κ3) is 4.78. The van der Waals surface area contributed by atoms with E-state index in [0.717, 1.165) is 5.33 Å². The fourth-order valence-corrected chi connectivity index (χ4v) is 2.03. The van der Waals surface area contributed by atoms with Crippen molar-refractivity contribution < 1.29 is 9.47 Å². The minimum atomic E-state index is -0.290. The van der Waals surface area contributed by atoms with Gasteiger partial charge in [-0.15, -0.1) is 0 Å². The van der Waals surface area contributed by atoms with Crippen molar-refractivity contribution in [3.8, 4) is 0 Å². The van der Waals surface area contributed by atoms with Gasteiger partial charge in [0.1, 0.15) is 5.60 Å². The predicted octanol–water partition coefficient (Wildman–Crippen LogP) is 3.74. The van der Waals surface area contributed by atoms with E-state index in [4.69, 9.17) is 9.47 Å². The summed E-state index contributed by atoms with van der Waals surface area (Å²) in [7, 11) is 0. The second-order valence-electron chi connectivity index (χ2n) is 4.50. The Morgan fingerprint density at radius 3 is 2.35 bits per heavy atom. The molecule has 0 bridgehead atoms. The summed E-state index contributed by atoms with van der Waals surface area (Å²) in [5.41, 5.74) is 0.892. The standard InChI is InChI=1S/C14H21BrO2/c1-12(2)16-9-10-17-14(3,11-15)13-7-5-4-6-8-13/h4-8,12H,9-11H2,1-3H3. The van der Waals surface area contributed by atoms with Crippen LogP contribution in [0.3, 0.4) is 0 Å². The summed E-state index contributed by atoms with van der Waals surface area (Å²) in [6.45, 7) is 7.39. The molecule has 96 valence electrons. The SMILES string of the molecule is CC(C)OCCOC(C)(CBr)c1ccccc1. The number of alkyl halides is 1. The van der Waals surface area contributed by atoms with Crippen LogP contribution in [0.15, 0.2) is 30.3 Å². The number of hydrogen-bond acceptors (Lipinski definition) is 2. The summed E-state index contributed by atoms with van der Waals surface area (Å²) in [5.74, 6) is 0. The van der Waals surface area contributed by atoms with Crippen LogP contribution in [0.1, 0.15) is 26.3 Å². The van der Waals surface area contributed by atoms with Crippen molar-refractivity contribution in [3.05, 3.63) is 35.9 Å². The molecule has 1 unspecified atom stereocenters. The summed E-state index contributed by atoms with van der Waals surface area (Å²) in [5, 5.41) is 0.770. The Hall–Kier alpha value is -0.380. The van der Waals surface area contributed by atoms with Gasteiger partial charge in [0, 0.05) is 5.33 Å². The molecule has 17 heavy (non-hydrogen) atoms. The second kappa shape index (κ2) is 7.14. The van der Waals surface area contributed by atoms with E-state index in [1.165, 1.54) is 5.56 Å². The summed E-state index contributed by atoms with van der Waals surface area (Å²) < 4.78 is 11.4. The normalized spacial score (nSPS) is 14.9. The van der Waals surface area contributed by atoms with E-state index in [2.05, 4.69) is 35.0 Å². The van der Waals surface area contributed by atoms with E-state index in [0.29, 0.717) is 13.2 Å². The van der Waals surface area contributed by atoms with Gasteiger partial charge in [0.2, 0.25) is 0 Å². The molecule has 0 aliphatic heterocycles. The zero-order valence-electron chi connectivity index (χ0n) is 10.8. The molecule has 2 nitrogen and oxygen atoms in total. The molecule has 0 aliphatic rings. The number of rotatable bonds is 7. The highest BCUT2D eigenvalue weighted by molar-refractivity contribution is 9.09. The van der Waals surface area contributed by atoms with Crippen LogP contribution >= 0.6 is 15.9 Å². The lowest BCUT2D eigenvalue weighted by molar-refractivity contribution is -0.0553. The molecular weight excluding hydrogens is 280 g/mol. The van der Waals surface area contributed by atoms with Crippen molar-refractivity contribution in [1.29, 1.82) is 0 Å². The number of ether oxygens (including phenoxy) is 2. The van der Waals surface area contributed by atoms with Gasteiger partial charge >= 0.3 is 0 Å². The van der Waals surface area contributed by atoms with E-state index in [1.54, 1.807) is 0 Å². The lowest BCUT2D eigenvalue weighted by Gasteiger charge is -2.28. The van der Waals surface area contributed by atoms with Crippen LogP contribution in [0.4, 0.5) is 0 Å². The van der Waals surface area contributed by atoms with E-state index in [9.17, 15) is 0 Å². The first-order valence-corrected chi connectivity index (χ1v) is 7.07. The minimum absolute atomic E-state index is 0.255. The van der Waals surface area contributed by atoms with Gasteiger partial charge in [-0.2, -0.15) is 0 Å². The molecule has 1 aromatic rings. The van der Waals surface area contributed by atoms with Crippen LogP contribution in [0.5, 0.6) is 0 Å². The van der Waals surface area contributed by atoms with Crippen molar-refractivity contribution in [3.63, 3.8) is 0 Å². The summed E-state index contributed by atoms with van der Waals surface area (Å²) in [6, 6.07) is 10.3. The van der Waals surface area contributed by atoms with Crippen molar-refractivity contribution in [2.75, 3.05) is 18.5 Å². The second-order valence-corrected chi connectivity index (χ2v) is 5.06. The van der Waals surface area contributed by atoms with Gasteiger partial charge in [-0.1, -0.05) is 46.3 Å². The van der Waals surface area contributed by atoms with Crippen LogP contribution < -0.4 is 0 Å². The zero-order chi connectivity index (χ0) is 12.7. The molecule has 0 heterocycles. The molecule has 0 N–H and O–H groups in total. The van der Waals surface area contributed by atoms with Crippen molar-refractivity contribution in [2.24, 2.45) is 0 Å². The maximum atomic E-state index is 5.94. The number of benzene rings is 1. The van der Waals surface area contributed by atoms with Crippen LogP contribution in [-0.4, -0.2) is 24.6 Å². The fraction of sp³-hybridized carbons (Fsp3) is 0.571. The Morgan fingerprint density at radius 2 is 1.82 bits per heavy atom. The minimum Gasteiger partial charge on any atom is -0.376 e. The van der Waals surface area contributed by atoms with Crippen molar-refractivity contribution >= 4 is 15.9 Å². The third-order valence-corrected chi connectivity index (χ3v) is 3.66. The molecule has 0 amide bonds. The van der Waals surface area contributed by atoms with Crippen LogP contribution in [-0.2, 0) is 15.1 Å². The highest BCUT2D eigenvalue weighted by Crippen LogP contribution is 2.27. The molecular formula is C14H21BrO2. The summed E-state index contributed by atoms with van der Waals surface area (Å²) in [6.07, 6.45) is 0.255. The van der Waals surface area contributed by atoms with E-state index in [-0.39, 0.29) is 11.7 Å². The van der Waals surface area contributed by atoms with Gasteiger partial charge in [-0.3, -0.25) is 0 Å². The highest BCUT2D eigenvalue weighted by Gasteiger charge is 2.25. The van der Waals surface area contributed by atoms with Crippen molar-refractivity contribution in [2.45, 2.75) is 32.5 Å². The Balaban J connectivity index is 2.52. The predicted molar refractivity (Wildman–Crippen MR) is 74.6 cm³/mol. The van der Waals surface area contributed by atoms with Gasteiger partial charge < -0.3 is 9.47 Å². The van der Waals surface area contributed by atoms with Gasteiger partial charge in [0.15, 0.2) is 0 Å². The van der Waals surface area contributed by atoms with E-state index in [1.807, 2.05) is 32.0 Å². The zero-order valence-corrected chi connectivity index (χ0v) is 12.4. The Kier molecular flexibility index (Phi) is 6.17. The van der Waals surface area contributed by atoms with E-state index >= 15 is 0 Å². The maximum Gasteiger partial charge on any atom is 0.100 e. The molecule has 1 aromatic carbocycles. The molecule has 0 fully saturated rings. The number of halogens is 1. The fourth-order valence-electron chi connectivity index (χ4n) is 1.54. The molecule has 0 aromatic heterocycles. The molecule has 0 saturated carbocycles. The topological polar surface area (TPSA) is 18.5 Å². The monoisotopic (exact) mass is 300 g/mol. The third-order valence-electron chi connectivity index (χ3n) is 2.59. The average Bonchev–Trinajstić information content (AvgIpc) is 2.35. The molecule has 0 radical (unpaired) electrons. The van der Waals surface area contributed by atoms with Crippen LogP contribution in [0, 0.1) is 0 Å². The maximum absolute atomic E-state index is 5.94. The first-order chi connectivity index (χ1) is 8.08. The summed E-state index contributed by atoms with van der Waals surface area (Å²) in [4.78, 5) is 0. The largest absolute Gasteiger partial charge is 0.376 e. The first-order valence-electron chi connectivity index (χ1n) is 5.95. The molecule has 1 atom stereocenters. The lowest BCUT2D eigenvalue weighted by atomic mass is 9.98. The molecule has 0 saturated heterocycles. The van der Waals surface area contributed by atoms with Gasteiger partial charge in [-0.05, 0) is 26.3 Å². The number of hydrogen-bond donors (Lipinski definition) is 0. The first kappa shape index (κ1) is 14.7. The Morgan fingerprint density at radius 1 is 1.18 bits per heavy atom. The smallest absolute Gasteiger partial charge is 0.100 e. The van der Waals surface area contributed by atoms with Crippen LogP contribution in [0.25, 0.3) is 0 Å². The summed E-state index contributed by atoms with van der Waals surface area (Å²) >= 11 is 3.52. The average molecular weight is 301 g/mol. The Bertz CT molecular complexity index is 313. The molecule has 0 spiro atoms. The van der Waals surface area contributed by atoms with Gasteiger partial charge in [0.25, 0.3) is 0 Å². The van der Waals surface area contributed by atoms with Crippen LogP contribution in [0.2, 0.25) is 0 Å². The van der Waals surface area contributed by atoms with E-state index < -0.39 is 0 Å². The Labute approximate surface area is 112 Å². The highest BCUT2D eigenvalue weighted by atomic mass is 79.9. The molecule has 0 aliphatic carbocycles.